The van der Waals surface area contributed by atoms with Gasteiger partial charge in [-0.25, -0.2) is 8.42 Å². The molecule has 4 aromatic rings. The van der Waals surface area contributed by atoms with Crippen LogP contribution in [-0.4, -0.2) is 13.4 Å². The number of thiazole rings is 1. The lowest BCUT2D eigenvalue weighted by molar-refractivity contribution is 0.433. The number of aryl methyl sites for hydroxylation is 2. The molecular formula is C23H18ClNO4S2. The summed E-state index contributed by atoms with van der Waals surface area (Å²) in [5.41, 5.74) is 2.14. The highest BCUT2D eigenvalue weighted by atomic mass is 35.5. The van der Waals surface area contributed by atoms with Crippen LogP contribution in [0, 0.1) is 13.8 Å². The van der Waals surface area contributed by atoms with Gasteiger partial charge in [0.05, 0.1) is 4.90 Å². The minimum atomic E-state index is -3.90. The van der Waals surface area contributed by atoms with Crippen LogP contribution in [0.1, 0.15) is 11.1 Å². The lowest BCUT2D eigenvalue weighted by Gasteiger charge is -2.06. The molecule has 0 saturated carbocycles. The lowest BCUT2D eigenvalue weighted by Crippen LogP contribution is -2.01. The molecule has 0 radical (unpaired) electrons. The zero-order valence-corrected chi connectivity index (χ0v) is 19.1. The van der Waals surface area contributed by atoms with E-state index < -0.39 is 9.84 Å². The monoisotopic (exact) mass is 471 g/mol. The van der Waals surface area contributed by atoms with Crippen LogP contribution in [0.15, 0.2) is 81.9 Å². The molecule has 0 aliphatic heterocycles. The van der Waals surface area contributed by atoms with Crippen molar-refractivity contribution in [3.8, 4) is 22.6 Å². The van der Waals surface area contributed by atoms with E-state index in [0.29, 0.717) is 16.5 Å². The van der Waals surface area contributed by atoms with Crippen molar-refractivity contribution in [1.29, 1.82) is 0 Å². The molecule has 0 amide bonds. The Labute approximate surface area is 189 Å². The molecule has 31 heavy (non-hydrogen) atoms. The molecule has 0 unspecified atom stereocenters. The van der Waals surface area contributed by atoms with Gasteiger partial charge in [-0.15, -0.1) is 0 Å². The third-order valence-electron chi connectivity index (χ3n) is 4.38. The van der Waals surface area contributed by atoms with Crippen LogP contribution < -0.4 is 9.47 Å². The lowest BCUT2D eigenvalue weighted by atomic mass is 10.2. The van der Waals surface area contributed by atoms with Crippen LogP contribution in [0.5, 0.6) is 22.6 Å². The number of sulfone groups is 1. The smallest absolute Gasteiger partial charge is 0.283 e. The molecule has 1 heterocycles. The fourth-order valence-electron chi connectivity index (χ4n) is 2.70. The fourth-order valence-corrected chi connectivity index (χ4v) is 5.39. The first-order valence-electron chi connectivity index (χ1n) is 9.32. The summed E-state index contributed by atoms with van der Waals surface area (Å²) in [6.45, 7) is 3.92. The summed E-state index contributed by atoms with van der Waals surface area (Å²) in [5, 5.41) is 0.612. The van der Waals surface area contributed by atoms with Crippen molar-refractivity contribution in [1.82, 2.24) is 4.98 Å². The van der Waals surface area contributed by atoms with E-state index in [-0.39, 0.29) is 20.2 Å². The summed E-state index contributed by atoms with van der Waals surface area (Å²) >= 11 is 6.82. The van der Waals surface area contributed by atoms with Crippen LogP contribution in [0.3, 0.4) is 0 Å². The molecule has 0 fully saturated rings. The number of nitrogens with zero attached hydrogens (tertiary/aromatic N) is 1. The van der Waals surface area contributed by atoms with Crippen molar-refractivity contribution in [2.45, 2.75) is 23.0 Å². The van der Waals surface area contributed by atoms with Crippen molar-refractivity contribution < 1.29 is 17.9 Å². The first-order valence-corrected chi connectivity index (χ1v) is 12.0. The molecule has 0 spiro atoms. The van der Waals surface area contributed by atoms with E-state index >= 15 is 0 Å². The molecule has 158 valence electrons. The number of benzene rings is 3. The van der Waals surface area contributed by atoms with Crippen LogP contribution in [0.2, 0.25) is 5.02 Å². The van der Waals surface area contributed by atoms with Gasteiger partial charge in [-0.2, -0.15) is 4.98 Å². The Morgan fingerprint density at radius 1 is 0.774 bits per heavy atom. The van der Waals surface area contributed by atoms with E-state index in [1.807, 2.05) is 38.1 Å². The Bertz CT molecular complexity index is 1300. The Kier molecular flexibility index (Phi) is 6.00. The minimum Gasteiger partial charge on any atom is -0.437 e. The predicted octanol–water partition coefficient (Wildman–Crippen LogP) is 6.83. The van der Waals surface area contributed by atoms with Crippen molar-refractivity contribution in [3.05, 3.63) is 88.9 Å². The molecule has 8 heteroatoms. The first-order chi connectivity index (χ1) is 14.8. The summed E-state index contributed by atoms with van der Waals surface area (Å²) in [6, 6.07) is 20.6. The first kappa shape index (κ1) is 21.4. The third kappa shape index (κ3) is 4.90. The predicted molar refractivity (Wildman–Crippen MR) is 122 cm³/mol. The van der Waals surface area contributed by atoms with Gasteiger partial charge in [0.2, 0.25) is 9.84 Å². The number of hydrogen-bond donors (Lipinski definition) is 0. The zero-order valence-electron chi connectivity index (χ0n) is 16.7. The molecule has 3 aromatic carbocycles. The molecule has 4 rings (SSSR count). The van der Waals surface area contributed by atoms with E-state index in [4.69, 9.17) is 21.1 Å². The van der Waals surface area contributed by atoms with Gasteiger partial charge in [0, 0.05) is 5.02 Å². The quantitative estimate of drug-likeness (QED) is 0.308. The maximum Gasteiger partial charge on any atom is 0.283 e. The molecular weight excluding hydrogens is 454 g/mol. The van der Waals surface area contributed by atoms with E-state index in [9.17, 15) is 8.42 Å². The van der Waals surface area contributed by atoms with Gasteiger partial charge in [0.25, 0.3) is 11.1 Å². The van der Waals surface area contributed by atoms with Gasteiger partial charge in [0.1, 0.15) is 11.5 Å². The number of aromatic nitrogens is 1. The average molecular weight is 472 g/mol. The SMILES string of the molecule is Cc1ccc(Oc2nc(Oc3ccc(C)cc3)c(S(=O)(=O)c3ccc(Cl)cc3)s2)cc1. The van der Waals surface area contributed by atoms with Crippen LogP contribution in [-0.2, 0) is 9.84 Å². The Hall–Kier alpha value is -2.87. The average Bonchev–Trinajstić information content (AvgIpc) is 3.15. The summed E-state index contributed by atoms with van der Waals surface area (Å²) in [5.74, 6) is 0.993. The highest BCUT2D eigenvalue weighted by molar-refractivity contribution is 7.93. The number of halogens is 1. The normalized spacial score (nSPS) is 11.3. The number of hydrogen-bond acceptors (Lipinski definition) is 6. The van der Waals surface area contributed by atoms with Crippen molar-refractivity contribution >= 4 is 32.8 Å². The van der Waals surface area contributed by atoms with Crippen molar-refractivity contribution in [2.24, 2.45) is 0 Å². The second-order valence-electron chi connectivity index (χ2n) is 6.86. The fraction of sp³-hybridized carbons (Fsp3) is 0.0870. The Morgan fingerprint density at radius 2 is 1.29 bits per heavy atom. The van der Waals surface area contributed by atoms with Crippen molar-refractivity contribution in [3.63, 3.8) is 0 Å². The van der Waals surface area contributed by atoms with E-state index in [1.54, 1.807) is 24.3 Å². The Morgan fingerprint density at radius 3 is 1.84 bits per heavy atom. The van der Waals surface area contributed by atoms with Gasteiger partial charge >= 0.3 is 0 Å². The molecule has 0 aliphatic rings. The van der Waals surface area contributed by atoms with Crippen LogP contribution in [0.4, 0.5) is 0 Å². The maximum atomic E-state index is 13.3. The molecule has 0 atom stereocenters. The van der Waals surface area contributed by atoms with Crippen molar-refractivity contribution in [2.75, 3.05) is 0 Å². The third-order valence-corrected chi connectivity index (χ3v) is 7.80. The van der Waals surface area contributed by atoms with Gasteiger partial charge < -0.3 is 9.47 Å². The summed E-state index contributed by atoms with van der Waals surface area (Å²) < 4.78 is 38.2. The van der Waals surface area contributed by atoms with E-state index in [0.717, 1.165) is 22.5 Å². The van der Waals surface area contributed by atoms with Crippen LogP contribution >= 0.6 is 22.9 Å². The second kappa shape index (κ2) is 8.70. The van der Waals surface area contributed by atoms with E-state index in [1.165, 1.54) is 24.3 Å². The molecule has 0 aliphatic carbocycles. The number of rotatable bonds is 6. The van der Waals surface area contributed by atoms with Gasteiger partial charge in [-0.05, 0) is 62.4 Å². The topological polar surface area (TPSA) is 65.5 Å². The zero-order chi connectivity index (χ0) is 22.0. The van der Waals surface area contributed by atoms with Gasteiger partial charge in [-0.1, -0.05) is 58.3 Å². The highest BCUT2D eigenvalue weighted by Crippen LogP contribution is 2.41. The summed E-state index contributed by atoms with van der Waals surface area (Å²) in [7, 11) is -3.90. The Balaban J connectivity index is 1.75. The maximum absolute atomic E-state index is 13.3. The largest absolute Gasteiger partial charge is 0.437 e. The highest BCUT2D eigenvalue weighted by Gasteiger charge is 2.29. The second-order valence-corrected chi connectivity index (χ2v) is 10.4. The molecule has 0 N–H and O–H groups in total. The minimum absolute atomic E-state index is 0.0362. The summed E-state index contributed by atoms with van der Waals surface area (Å²) in [6.07, 6.45) is 0. The molecule has 0 saturated heterocycles. The van der Waals surface area contributed by atoms with Gasteiger partial charge in [-0.3, -0.25) is 0 Å². The molecule has 5 nitrogen and oxygen atoms in total. The summed E-state index contributed by atoms with van der Waals surface area (Å²) in [4.78, 5) is 4.42. The molecule has 1 aromatic heterocycles. The van der Waals surface area contributed by atoms with Gasteiger partial charge in [0.15, 0.2) is 4.21 Å². The van der Waals surface area contributed by atoms with Crippen LogP contribution in [0.25, 0.3) is 0 Å². The standard InChI is InChI=1S/C23H18ClNO4S2/c1-15-3-9-18(10-4-15)28-21-22(31(26,27)20-13-7-17(24)8-14-20)30-23(25-21)29-19-11-5-16(2)6-12-19/h3-14H,1-2H3. The molecule has 0 bridgehead atoms. The number of ether oxygens (including phenoxy) is 2. The van der Waals surface area contributed by atoms with E-state index in [2.05, 4.69) is 4.98 Å².